The molecule has 0 N–H and O–H groups in total. The molecule has 3 rings (SSSR count). The van der Waals surface area contributed by atoms with Crippen LogP contribution >= 0.6 is 22.9 Å². The lowest BCUT2D eigenvalue weighted by Gasteiger charge is -2.33. The molecule has 1 aromatic heterocycles. The summed E-state index contributed by atoms with van der Waals surface area (Å²) in [4.78, 5) is 29.1. The summed E-state index contributed by atoms with van der Waals surface area (Å²) in [6.45, 7) is 2.04. The summed E-state index contributed by atoms with van der Waals surface area (Å²) in [5.74, 6) is -0.0814. The molecule has 1 aliphatic heterocycles. The number of hydrogen-bond acceptors (Lipinski definition) is 3. The number of carbonyl (C=O) groups is 2. The molecule has 130 valence electrons. The Kier molecular flexibility index (Phi) is 5.25. The quantitative estimate of drug-likeness (QED) is 0.799. The summed E-state index contributed by atoms with van der Waals surface area (Å²) in [6, 6.07) is 11.4. The summed E-state index contributed by atoms with van der Waals surface area (Å²) >= 11 is 7.42. The zero-order valence-electron chi connectivity index (χ0n) is 14.1. The highest BCUT2D eigenvalue weighted by Crippen LogP contribution is 2.33. The van der Waals surface area contributed by atoms with Crippen LogP contribution in [0.25, 0.3) is 6.08 Å². The number of nitrogens with zero attached hydrogens (tertiary/aromatic N) is 2. The summed E-state index contributed by atoms with van der Waals surface area (Å²) in [5, 5.41) is 0. The number of halogens is 1. The highest BCUT2D eigenvalue weighted by atomic mass is 35.5. The van der Waals surface area contributed by atoms with Gasteiger partial charge in [-0.05, 0) is 29.3 Å². The van der Waals surface area contributed by atoms with Gasteiger partial charge in [0, 0.05) is 25.0 Å². The molecule has 0 bridgehead atoms. The van der Waals surface area contributed by atoms with E-state index >= 15 is 0 Å². The van der Waals surface area contributed by atoms with Crippen LogP contribution in [0.2, 0.25) is 4.34 Å². The first kappa shape index (κ1) is 17.7. The lowest BCUT2D eigenvalue weighted by Crippen LogP contribution is -2.35. The second-order valence-corrected chi connectivity index (χ2v) is 7.85. The Hall–Kier alpha value is -2.11. The molecule has 0 aliphatic carbocycles. The third-order valence-electron chi connectivity index (χ3n) is 4.28. The van der Waals surface area contributed by atoms with E-state index in [4.69, 9.17) is 11.6 Å². The molecule has 1 atom stereocenters. The first-order valence-electron chi connectivity index (χ1n) is 8.00. The molecule has 2 aromatic rings. The van der Waals surface area contributed by atoms with Crippen LogP contribution < -0.4 is 0 Å². The van der Waals surface area contributed by atoms with Crippen molar-refractivity contribution in [1.82, 2.24) is 9.80 Å². The first-order valence-corrected chi connectivity index (χ1v) is 9.19. The standard InChI is InChI=1S/C19H19ClN2O2S/c1-13(23)22-10-9-14-5-3-4-6-16(14)17(22)11-19(24)21(2)12-15-7-8-18(20)25-15/h3-10,17H,11-12H2,1-2H3. The molecule has 0 radical (unpaired) electrons. The van der Waals surface area contributed by atoms with Crippen LogP contribution in [-0.4, -0.2) is 28.7 Å². The minimum atomic E-state index is -0.277. The number of carbonyl (C=O) groups excluding carboxylic acids is 2. The molecule has 0 saturated heterocycles. The van der Waals surface area contributed by atoms with Crippen LogP contribution in [0.15, 0.2) is 42.6 Å². The smallest absolute Gasteiger partial charge is 0.225 e. The summed E-state index contributed by atoms with van der Waals surface area (Å²) in [7, 11) is 1.78. The van der Waals surface area contributed by atoms with E-state index in [1.807, 2.05) is 42.5 Å². The molecule has 2 amide bonds. The first-order chi connectivity index (χ1) is 12.0. The number of rotatable bonds is 4. The van der Waals surface area contributed by atoms with E-state index in [2.05, 4.69) is 0 Å². The lowest BCUT2D eigenvalue weighted by atomic mass is 9.93. The van der Waals surface area contributed by atoms with Crippen molar-refractivity contribution in [3.8, 4) is 0 Å². The fourth-order valence-electron chi connectivity index (χ4n) is 2.99. The van der Waals surface area contributed by atoms with Crippen LogP contribution in [0.3, 0.4) is 0 Å². The molecule has 6 heteroatoms. The van der Waals surface area contributed by atoms with Gasteiger partial charge in [0.25, 0.3) is 0 Å². The molecule has 0 fully saturated rings. The second kappa shape index (κ2) is 7.42. The van der Waals surface area contributed by atoms with Gasteiger partial charge in [0.2, 0.25) is 11.8 Å². The maximum Gasteiger partial charge on any atom is 0.225 e. The largest absolute Gasteiger partial charge is 0.341 e. The van der Waals surface area contributed by atoms with Crippen molar-refractivity contribution in [2.75, 3.05) is 7.05 Å². The van der Waals surface area contributed by atoms with Crippen LogP contribution in [0.5, 0.6) is 0 Å². The zero-order chi connectivity index (χ0) is 18.0. The summed E-state index contributed by atoms with van der Waals surface area (Å²) in [6.07, 6.45) is 3.92. The Morgan fingerprint density at radius 1 is 1.24 bits per heavy atom. The normalized spacial score (nSPS) is 15.8. The van der Waals surface area contributed by atoms with E-state index in [0.717, 1.165) is 16.0 Å². The van der Waals surface area contributed by atoms with Gasteiger partial charge in [-0.1, -0.05) is 35.9 Å². The van der Waals surface area contributed by atoms with Crippen molar-refractivity contribution in [3.63, 3.8) is 0 Å². The van der Waals surface area contributed by atoms with Crippen molar-refractivity contribution in [3.05, 3.63) is 62.9 Å². The summed E-state index contributed by atoms with van der Waals surface area (Å²) < 4.78 is 0.713. The second-order valence-electron chi connectivity index (χ2n) is 6.05. The van der Waals surface area contributed by atoms with Crippen LogP contribution in [0, 0.1) is 0 Å². The van der Waals surface area contributed by atoms with E-state index < -0.39 is 0 Å². The topological polar surface area (TPSA) is 40.6 Å². The Labute approximate surface area is 156 Å². The molecule has 1 unspecified atom stereocenters. The SMILES string of the molecule is CC(=O)N1C=Cc2ccccc2C1CC(=O)N(C)Cc1ccc(Cl)s1. The predicted octanol–water partition coefficient (Wildman–Crippen LogP) is 4.32. The van der Waals surface area contributed by atoms with Gasteiger partial charge in [0.1, 0.15) is 0 Å². The average Bonchev–Trinajstić information content (AvgIpc) is 2.99. The number of amides is 2. The number of benzene rings is 1. The maximum atomic E-state index is 12.7. The molecule has 0 spiro atoms. The Balaban J connectivity index is 1.77. The maximum absolute atomic E-state index is 12.7. The van der Waals surface area contributed by atoms with Gasteiger partial charge in [-0.25, -0.2) is 0 Å². The molecular weight excluding hydrogens is 356 g/mol. The molecule has 2 heterocycles. The van der Waals surface area contributed by atoms with Gasteiger partial charge >= 0.3 is 0 Å². The minimum Gasteiger partial charge on any atom is -0.341 e. The van der Waals surface area contributed by atoms with Gasteiger partial charge in [0.05, 0.1) is 23.3 Å². The highest BCUT2D eigenvalue weighted by Gasteiger charge is 2.29. The Bertz CT molecular complexity index is 830. The monoisotopic (exact) mass is 374 g/mol. The van der Waals surface area contributed by atoms with Crippen LogP contribution in [0.4, 0.5) is 0 Å². The van der Waals surface area contributed by atoms with E-state index in [-0.39, 0.29) is 24.3 Å². The third kappa shape index (κ3) is 3.94. The van der Waals surface area contributed by atoms with Crippen molar-refractivity contribution in [2.45, 2.75) is 25.9 Å². The van der Waals surface area contributed by atoms with Crippen LogP contribution in [0.1, 0.15) is 35.4 Å². The van der Waals surface area contributed by atoms with Gasteiger partial charge in [-0.2, -0.15) is 0 Å². The highest BCUT2D eigenvalue weighted by molar-refractivity contribution is 7.16. The molecule has 1 aliphatic rings. The Morgan fingerprint density at radius 2 is 2.00 bits per heavy atom. The average molecular weight is 375 g/mol. The van der Waals surface area contributed by atoms with E-state index in [0.29, 0.717) is 10.9 Å². The summed E-state index contributed by atoms with van der Waals surface area (Å²) in [5.41, 5.74) is 2.05. The van der Waals surface area contributed by atoms with Gasteiger partial charge in [-0.3, -0.25) is 9.59 Å². The minimum absolute atomic E-state index is 0.00845. The number of hydrogen-bond donors (Lipinski definition) is 0. The molecular formula is C19H19ClN2O2S. The van der Waals surface area contributed by atoms with Crippen molar-refractivity contribution in [1.29, 1.82) is 0 Å². The van der Waals surface area contributed by atoms with Gasteiger partial charge in [0.15, 0.2) is 0 Å². The number of fused-ring (bicyclic) bond motifs is 1. The Morgan fingerprint density at radius 3 is 2.68 bits per heavy atom. The molecule has 1 aromatic carbocycles. The number of thiophene rings is 1. The van der Waals surface area contributed by atoms with Gasteiger partial charge in [-0.15, -0.1) is 11.3 Å². The zero-order valence-corrected chi connectivity index (χ0v) is 15.7. The fraction of sp³-hybridized carbons (Fsp3) is 0.263. The predicted molar refractivity (Wildman–Crippen MR) is 101 cm³/mol. The molecule has 4 nitrogen and oxygen atoms in total. The van der Waals surface area contributed by atoms with E-state index in [9.17, 15) is 9.59 Å². The lowest BCUT2D eigenvalue weighted by molar-refractivity contribution is -0.134. The van der Waals surface area contributed by atoms with Crippen molar-refractivity contribution >= 4 is 40.8 Å². The van der Waals surface area contributed by atoms with Crippen molar-refractivity contribution in [2.24, 2.45) is 0 Å². The van der Waals surface area contributed by atoms with E-state index in [1.54, 1.807) is 23.0 Å². The molecule has 25 heavy (non-hydrogen) atoms. The van der Waals surface area contributed by atoms with E-state index in [1.165, 1.54) is 18.3 Å². The fourth-order valence-corrected chi connectivity index (χ4v) is 4.13. The van der Waals surface area contributed by atoms with Gasteiger partial charge < -0.3 is 9.80 Å². The van der Waals surface area contributed by atoms with Crippen molar-refractivity contribution < 1.29 is 9.59 Å². The van der Waals surface area contributed by atoms with Crippen LogP contribution in [-0.2, 0) is 16.1 Å². The molecule has 0 saturated carbocycles. The third-order valence-corrected chi connectivity index (χ3v) is 5.50.